The van der Waals surface area contributed by atoms with Crippen LogP contribution in [-0.2, 0) is 47.5 Å². The van der Waals surface area contributed by atoms with Crippen molar-refractivity contribution >= 4 is 18.2 Å². The van der Waals surface area contributed by atoms with Crippen molar-refractivity contribution in [3.8, 4) is 0 Å². The van der Waals surface area contributed by atoms with E-state index in [9.17, 15) is 29.7 Å². The normalized spacial score (nSPS) is 34.8. The highest BCUT2D eigenvalue weighted by Gasteiger charge is 2.59. The van der Waals surface area contributed by atoms with Crippen LogP contribution >= 0.6 is 0 Å². The Kier molecular flexibility index (Phi) is 20.6. The highest BCUT2D eigenvalue weighted by Crippen LogP contribution is 2.42. The number of amides is 1. The van der Waals surface area contributed by atoms with E-state index >= 15 is 0 Å². The van der Waals surface area contributed by atoms with Crippen molar-refractivity contribution < 1.29 is 62.9 Å². The number of esters is 1. The number of carbonyl (C=O) groups is 3. The topological polar surface area (TPSA) is 183 Å². The molecule has 14 nitrogen and oxygen atoms in total. The summed E-state index contributed by atoms with van der Waals surface area (Å²) in [7, 11) is 7.84. The first-order valence-corrected chi connectivity index (χ1v) is 21.0. The number of aliphatic hydroxyl groups is 3. The van der Waals surface area contributed by atoms with Gasteiger partial charge in [-0.05, 0) is 25.7 Å². The van der Waals surface area contributed by atoms with Crippen molar-refractivity contribution in [2.75, 3.05) is 42.1 Å². The molecule has 1 amide bonds. The van der Waals surface area contributed by atoms with Crippen LogP contribution in [0.4, 0.5) is 0 Å². The molecule has 16 atom stereocenters. The van der Waals surface area contributed by atoms with Crippen molar-refractivity contribution in [3.63, 3.8) is 0 Å². The Morgan fingerprint density at radius 2 is 1.71 bits per heavy atom. The summed E-state index contributed by atoms with van der Waals surface area (Å²) >= 11 is 0. The van der Waals surface area contributed by atoms with Crippen LogP contribution in [0.25, 0.3) is 0 Å². The minimum atomic E-state index is -1.00. The summed E-state index contributed by atoms with van der Waals surface area (Å²) in [6.45, 7) is 11.4. The number of fused-ring (bicyclic) bond motifs is 2. The molecule has 0 aliphatic carbocycles. The number of epoxide rings is 1. The first kappa shape index (κ1) is 50.6. The van der Waals surface area contributed by atoms with E-state index < -0.39 is 78.2 Å². The molecule has 3 rings (SSSR count). The zero-order valence-corrected chi connectivity index (χ0v) is 37.1. The highest BCUT2D eigenvalue weighted by molar-refractivity contribution is 5.82. The van der Waals surface area contributed by atoms with E-state index in [4.69, 9.17) is 33.2 Å². The molecule has 0 unspecified atom stereocenters. The molecule has 2 bridgehead atoms. The van der Waals surface area contributed by atoms with Gasteiger partial charge >= 0.3 is 5.97 Å². The second-order valence-electron chi connectivity index (χ2n) is 17.0. The average molecular weight is 836 g/mol. The van der Waals surface area contributed by atoms with E-state index in [0.29, 0.717) is 44.1 Å². The quantitative estimate of drug-likeness (QED) is 0.0865. The molecule has 0 radical (unpaired) electrons. The number of ether oxygens (including phenoxy) is 7. The van der Waals surface area contributed by atoms with Gasteiger partial charge in [-0.25, -0.2) is 4.79 Å². The SMILES string of the molecule is CO[C@H]([C@H](C)/C=C/N(C)C=O)[C@@H](C)C(=O)CC[C@H](C)[C@H](O)[C@H](C)[C@H]1OC(=O)/C=C/C(C)=C[C@H](O)[C@H](OC)C[C@@H]2C=CC[C@@H](C[C@H](O)[C@@]3(CO3)[C@@H](OC)C[C@@H](OC)[C@@H]1C)O2. The number of nitrogens with zero attached hydrogens (tertiary/aromatic N) is 1. The van der Waals surface area contributed by atoms with E-state index in [1.807, 2.05) is 52.8 Å². The van der Waals surface area contributed by atoms with Gasteiger partial charge in [0, 0.05) is 97.1 Å². The van der Waals surface area contributed by atoms with Crippen LogP contribution in [0, 0.1) is 29.6 Å². The van der Waals surface area contributed by atoms with Gasteiger partial charge in [0.2, 0.25) is 6.41 Å². The van der Waals surface area contributed by atoms with Crippen molar-refractivity contribution in [1.29, 1.82) is 0 Å². The molecule has 59 heavy (non-hydrogen) atoms. The van der Waals surface area contributed by atoms with Crippen LogP contribution in [0.1, 0.15) is 80.1 Å². The molecule has 14 heteroatoms. The summed E-state index contributed by atoms with van der Waals surface area (Å²) in [5.41, 5.74) is -0.390. The second kappa shape index (κ2) is 24.0. The molecular weight excluding hydrogens is 762 g/mol. The van der Waals surface area contributed by atoms with Crippen LogP contribution in [0.15, 0.2) is 48.2 Å². The predicted octanol–water partition coefficient (Wildman–Crippen LogP) is 4.34. The third-order valence-corrected chi connectivity index (χ3v) is 12.7. The lowest BCUT2D eigenvalue weighted by Crippen LogP contribution is -2.49. The molecule has 0 aromatic heterocycles. The van der Waals surface area contributed by atoms with Gasteiger partial charge in [0.15, 0.2) is 0 Å². The summed E-state index contributed by atoms with van der Waals surface area (Å²) in [5.74, 6) is -2.68. The molecule has 3 N–H and O–H groups in total. The van der Waals surface area contributed by atoms with Crippen LogP contribution in [-0.4, -0.2) is 147 Å². The van der Waals surface area contributed by atoms with Gasteiger partial charge in [-0.15, -0.1) is 0 Å². The minimum absolute atomic E-state index is 0.0137. The summed E-state index contributed by atoms with van der Waals surface area (Å²) in [4.78, 5) is 39.4. The molecule has 3 aliphatic heterocycles. The lowest BCUT2D eigenvalue weighted by atomic mass is 9.78. The first-order chi connectivity index (χ1) is 28.0. The van der Waals surface area contributed by atoms with Gasteiger partial charge < -0.3 is 53.4 Å². The highest BCUT2D eigenvalue weighted by atomic mass is 16.6. The van der Waals surface area contributed by atoms with Gasteiger partial charge in [0.25, 0.3) is 0 Å². The monoisotopic (exact) mass is 836 g/mol. The zero-order valence-electron chi connectivity index (χ0n) is 37.1. The van der Waals surface area contributed by atoms with Crippen LogP contribution in [0.2, 0.25) is 0 Å². The third-order valence-electron chi connectivity index (χ3n) is 12.7. The number of methoxy groups -OCH3 is 4. The number of rotatable bonds is 16. The van der Waals surface area contributed by atoms with Crippen LogP contribution < -0.4 is 0 Å². The second-order valence-corrected chi connectivity index (χ2v) is 17.0. The molecule has 0 aromatic rings. The standard InChI is InChI=1S/C45H73NO13/c1-27-15-18-41(51)59-44(32(6)42(52)28(2)16-17-35(48)30(4)43(56-11)29(3)19-20-46(7)26-47)31(5)37(53-8)24-40(55-10)45(25-57-45)39(50)23-34-14-12-13-33(58-34)22-38(54-9)36(49)21-27/h12-13,15,18-21,26,28-34,36-40,42-44,49-50,52H,14,16-17,22-25H2,1-11H3/b18-15+,20-19+,27-21?/t28-,29+,30-,31-,32-,33-,34-,36-,37+,38+,39-,40-,42-,43+,44-,45-/m0/s1. The fourth-order valence-corrected chi connectivity index (χ4v) is 8.64. The fraction of sp³-hybridized carbons (Fsp3) is 0.756. The number of aliphatic hydroxyl groups excluding tert-OH is 3. The van der Waals surface area contributed by atoms with E-state index in [1.54, 1.807) is 53.7 Å². The van der Waals surface area contributed by atoms with Gasteiger partial charge in [-0.2, -0.15) is 0 Å². The molecule has 0 aromatic carbocycles. The number of Topliss-reactive ketones (excluding diaryl/α,β-unsaturated/α-hetero) is 1. The predicted molar refractivity (Wildman–Crippen MR) is 222 cm³/mol. The van der Waals surface area contributed by atoms with Crippen molar-refractivity contribution in [3.05, 3.63) is 48.2 Å². The van der Waals surface area contributed by atoms with Crippen molar-refractivity contribution in [1.82, 2.24) is 4.90 Å². The molecule has 1 saturated heterocycles. The maximum Gasteiger partial charge on any atom is 0.331 e. The summed E-state index contributed by atoms with van der Waals surface area (Å²) in [6.07, 6.45) is 8.18. The molecule has 0 saturated carbocycles. The summed E-state index contributed by atoms with van der Waals surface area (Å²) in [6, 6.07) is 0. The van der Waals surface area contributed by atoms with E-state index in [1.165, 1.54) is 18.1 Å². The molecule has 1 fully saturated rings. The summed E-state index contributed by atoms with van der Waals surface area (Å²) < 4.78 is 41.9. The minimum Gasteiger partial charge on any atom is -0.458 e. The first-order valence-electron chi connectivity index (χ1n) is 21.0. The smallest absolute Gasteiger partial charge is 0.331 e. The van der Waals surface area contributed by atoms with E-state index in [0.717, 1.165) is 0 Å². The average Bonchev–Trinajstić information content (AvgIpc) is 4.03. The van der Waals surface area contributed by atoms with Crippen molar-refractivity contribution in [2.24, 2.45) is 29.6 Å². The number of ketones is 1. The lowest BCUT2D eigenvalue weighted by Gasteiger charge is -2.39. The Morgan fingerprint density at radius 1 is 1.03 bits per heavy atom. The van der Waals surface area contributed by atoms with Crippen LogP contribution in [0.5, 0.6) is 0 Å². The third kappa shape index (κ3) is 14.1. The summed E-state index contributed by atoms with van der Waals surface area (Å²) in [5, 5.41) is 34.6. The molecular formula is C45H73NO13. The number of carbonyl (C=O) groups excluding carboxylic acids is 3. The van der Waals surface area contributed by atoms with E-state index in [2.05, 4.69) is 0 Å². The number of allylic oxidation sites excluding steroid dienone is 2. The Morgan fingerprint density at radius 3 is 2.31 bits per heavy atom. The van der Waals surface area contributed by atoms with Crippen LogP contribution in [0.3, 0.4) is 0 Å². The van der Waals surface area contributed by atoms with Gasteiger partial charge in [-0.1, -0.05) is 70.6 Å². The maximum absolute atomic E-state index is 13.6. The number of hydrogen-bond donors (Lipinski definition) is 3. The fourth-order valence-electron chi connectivity index (χ4n) is 8.64. The Balaban J connectivity index is 1.88. The number of cyclic esters (lactones) is 1. The Hall–Kier alpha value is -2.79. The molecule has 3 heterocycles. The van der Waals surface area contributed by atoms with Gasteiger partial charge in [0.05, 0.1) is 61.5 Å². The van der Waals surface area contributed by atoms with Crippen molar-refractivity contribution in [2.45, 2.75) is 147 Å². The van der Waals surface area contributed by atoms with E-state index in [-0.39, 0.29) is 42.9 Å². The maximum atomic E-state index is 13.6. The Labute approximate surface area is 351 Å². The molecule has 1 spiro atoms. The molecule has 336 valence electrons. The van der Waals surface area contributed by atoms with Gasteiger partial charge in [-0.3, -0.25) is 9.59 Å². The number of hydrogen-bond acceptors (Lipinski definition) is 13. The largest absolute Gasteiger partial charge is 0.458 e. The lowest BCUT2D eigenvalue weighted by molar-refractivity contribution is -0.159. The molecule has 3 aliphatic rings. The Bertz CT molecular complexity index is 1440. The zero-order chi connectivity index (χ0) is 44.0. The van der Waals surface area contributed by atoms with Gasteiger partial charge in [0.1, 0.15) is 17.5 Å².